The van der Waals surface area contributed by atoms with Crippen molar-refractivity contribution in [2.24, 2.45) is 0 Å². The summed E-state index contributed by atoms with van der Waals surface area (Å²) in [7, 11) is 3.32. The Morgan fingerprint density at radius 2 is 1.40 bits per heavy atom. The molecule has 1 saturated heterocycles. The standard InChI is InChI=1S/C24H32N2O4/c1-28-21-7-4-20(5-8-21)6-13-24(27)26-17-15-25(16-18-26)14-3-19-30-23-11-9-22(29-2)10-12-23/h4-5,7-12H,3,6,13-19H2,1-2H3. The van der Waals surface area contributed by atoms with Crippen LogP contribution in [0.3, 0.4) is 0 Å². The Kier molecular flexibility index (Phi) is 8.39. The van der Waals surface area contributed by atoms with E-state index < -0.39 is 0 Å². The van der Waals surface area contributed by atoms with Gasteiger partial charge in [-0.15, -0.1) is 0 Å². The molecule has 0 spiro atoms. The molecule has 1 heterocycles. The third kappa shape index (κ3) is 6.66. The summed E-state index contributed by atoms with van der Waals surface area (Å²) in [6.07, 6.45) is 2.30. The number of carbonyl (C=O) groups is 1. The number of carbonyl (C=O) groups excluding carboxylic acids is 1. The van der Waals surface area contributed by atoms with Crippen LogP contribution in [0.25, 0.3) is 0 Å². The molecule has 0 saturated carbocycles. The monoisotopic (exact) mass is 412 g/mol. The lowest BCUT2D eigenvalue weighted by molar-refractivity contribution is -0.132. The molecule has 0 N–H and O–H groups in total. The highest BCUT2D eigenvalue weighted by molar-refractivity contribution is 5.76. The summed E-state index contributed by atoms with van der Waals surface area (Å²) >= 11 is 0. The molecule has 1 fully saturated rings. The van der Waals surface area contributed by atoms with Gasteiger partial charge in [0.2, 0.25) is 5.91 Å². The minimum absolute atomic E-state index is 0.244. The first-order chi connectivity index (χ1) is 14.7. The lowest BCUT2D eigenvalue weighted by atomic mass is 10.1. The fourth-order valence-electron chi connectivity index (χ4n) is 3.57. The molecule has 3 rings (SSSR count). The van der Waals surface area contributed by atoms with E-state index in [0.717, 1.165) is 62.8 Å². The largest absolute Gasteiger partial charge is 0.497 e. The first kappa shape index (κ1) is 22.0. The molecule has 2 aromatic rings. The van der Waals surface area contributed by atoms with E-state index in [1.807, 2.05) is 53.4 Å². The van der Waals surface area contributed by atoms with Crippen LogP contribution < -0.4 is 14.2 Å². The van der Waals surface area contributed by atoms with Crippen molar-refractivity contribution in [2.75, 3.05) is 53.6 Å². The molecule has 0 radical (unpaired) electrons. The second kappa shape index (κ2) is 11.5. The zero-order chi connectivity index (χ0) is 21.2. The maximum absolute atomic E-state index is 12.5. The van der Waals surface area contributed by atoms with Crippen molar-refractivity contribution < 1.29 is 19.0 Å². The van der Waals surface area contributed by atoms with Crippen LogP contribution in [0.15, 0.2) is 48.5 Å². The van der Waals surface area contributed by atoms with E-state index in [-0.39, 0.29) is 5.91 Å². The van der Waals surface area contributed by atoms with Gasteiger partial charge in [0.15, 0.2) is 0 Å². The topological polar surface area (TPSA) is 51.2 Å². The molecule has 0 aromatic heterocycles. The van der Waals surface area contributed by atoms with E-state index in [4.69, 9.17) is 14.2 Å². The second-order valence-electron chi connectivity index (χ2n) is 7.45. The molecule has 1 amide bonds. The number of hydrogen-bond donors (Lipinski definition) is 0. The van der Waals surface area contributed by atoms with E-state index in [2.05, 4.69) is 4.90 Å². The molecule has 0 unspecified atom stereocenters. The summed E-state index contributed by atoms with van der Waals surface area (Å²) in [4.78, 5) is 16.9. The zero-order valence-electron chi connectivity index (χ0n) is 18.0. The number of nitrogens with zero attached hydrogens (tertiary/aromatic N) is 2. The summed E-state index contributed by atoms with van der Waals surface area (Å²) in [5.41, 5.74) is 1.17. The lowest BCUT2D eigenvalue weighted by Crippen LogP contribution is -2.49. The SMILES string of the molecule is COc1ccc(CCC(=O)N2CCN(CCCOc3ccc(OC)cc3)CC2)cc1. The molecular weight excluding hydrogens is 380 g/mol. The predicted octanol–water partition coefficient (Wildman–Crippen LogP) is 3.25. The quantitative estimate of drug-likeness (QED) is 0.561. The Labute approximate surface area is 179 Å². The Hall–Kier alpha value is -2.73. The van der Waals surface area contributed by atoms with E-state index in [1.165, 1.54) is 5.56 Å². The molecule has 2 aromatic carbocycles. The van der Waals surface area contributed by atoms with Gasteiger partial charge >= 0.3 is 0 Å². The molecule has 0 aliphatic carbocycles. The Balaban J connectivity index is 1.29. The van der Waals surface area contributed by atoms with Crippen LogP contribution in [0.2, 0.25) is 0 Å². The third-order valence-corrected chi connectivity index (χ3v) is 5.46. The van der Waals surface area contributed by atoms with Gasteiger partial charge < -0.3 is 19.1 Å². The van der Waals surface area contributed by atoms with Gasteiger partial charge in [0.1, 0.15) is 17.2 Å². The first-order valence-electron chi connectivity index (χ1n) is 10.6. The van der Waals surface area contributed by atoms with Crippen molar-refractivity contribution in [2.45, 2.75) is 19.3 Å². The van der Waals surface area contributed by atoms with Crippen LogP contribution in [0.5, 0.6) is 17.2 Å². The lowest BCUT2D eigenvalue weighted by Gasteiger charge is -2.34. The molecule has 1 aliphatic heterocycles. The number of aryl methyl sites for hydroxylation is 1. The number of piperazine rings is 1. The van der Waals surface area contributed by atoms with Gasteiger partial charge in [-0.2, -0.15) is 0 Å². The van der Waals surface area contributed by atoms with Crippen LogP contribution in [0.1, 0.15) is 18.4 Å². The van der Waals surface area contributed by atoms with E-state index in [1.54, 1.807) is 14.2 Å². The molecule has 6 nitrogen and oxygen atoms in total. The van der Waals surface area contributed by atoms with Crippen LogP contribution in [0, 0.1) is 0 Å². The molecule has 6 heteroatoms. The summed E-state index contributed by atoms with van der Waals surface area (Å²) in [5, 5.41) is 0. The van der Waals surface area contributed by atoms with Crippen LogP contribution in [0.4, 0.5) is 0 Å². The smallest absolute Gasteiger partial charge is 0.222 e. The number of hydrogen-bond acceptors (Lipinski definition) is 5. The van der Waals surface area contributed by atoms with E-state index >= 15 is 0 Å². The van der Waals surface area contributed by atoms with E-state index in [0.29, 0.717) is 13.0 Å². The van der Waals surface area contributed by atoms with Gasteiger partial charge in [0.25, 0.3) is 0 Å². The van der Waals surface area contributed by atoms with Gasteiger partial charge in [0, 0.05) is 39.1 Å². The maximum Gasteiger partial charge on any atom is 0.222 e. The molecule has 1 aliphatic rings. The number of ether oxygens (including phenoxy) is 3. The van der Waals surface area contributed by atoms with Gasteiger partial charge in [0.05, 0.1) is 20.8 Å². The molecule has 30 heavy (non-hydrogen) atoms. The van der Waals surface area contributed by atoms with Crippen LogP contribution in [-0.2, 0) is 11.2 Å². The van der Waals surface area contributed by atoms with Crippen molar-refractivity contribution in [1.82, 2.24) is 9.80 Å². The van der Waals surface area contributed by atoms with Crippen molar-refractivity contribution >= 4 is 5.91 Å². The molecule has 0 atom stereocenters. The van der Waals surface area contributed by atoms with Crippen molar-refractivity contribution in [3.8, 4) is 17.2 Å². The normalized spacial score (nSPS) is 14.4. The van der Waals surface area contributed by atoms with Gasteiger partial charge in [-0.3, -0.25) is 9.69 Å². The highest BCUT2D eigenvalue weighted by Crippen LogP contribution is 2.17. The Morgan fingerprint density at radius 1 is 0.833 bits per heavy atom. The highest BCUT2D eigenvalue weighted by Gasteiger charge is 2.20. The number of methoxy groups -OCH3 is 2. The van der Waals surface area contributed by atoms with Gasteiger partial charge in [-0.1, -0.05) is 12.1 Å². The first-order valence-corrected chi connectivity index (χ1v) is 10.6. The molecule has 0 bridgehead atoms. The van der Waals surface area contributed by atoms with Crippen LogP contribution in [-0.4, -0.2) is 69.3 Å². The van der Waals surface area contributed by atoms with Crippen molar-refractivity contribution in [3.63, 3.8) is 0 Å². The summed E-state index contributed by atoms with van der Waals surface area (Å²) in [5.74, 6) is 2.78. The summed E-state index contributed by atoms with van der Waals surface area (Å²) in [6.45, 7) is 5.15. The number of benzene rings is 2. The molecule has 162 valence electrons. The minimum Gasteiger partial charge on any atom is -0.497 e. The maximum atomic E-state index is 12.5. The Morgan fingerprint density at radius 3 is 2.00 bits per heavy atom. The number of rotatable bonds is 10. The predicted molar refractivity (Wildman–Crippen MR) is 117 cm³/mol. The fraction of sp³-hybridized carbons (Fsp3) is 0.458. The minimum atomic E-state index is 0.244. The van der Waals surface area contributed by atoms with Crippen molar-refractivity contribution in [1.29, 1.82) is 0 Å². The summed E-state index contributed by atoms with van der Waals surface area (Å²) < 4.78 is 16.1. The van der Waals surface area contributed by atoms with Crippen LogP contribution >= 0.6 is 0 Å². The zero-order valence-corrected chi connectivity index (χ0v) is 18.0. The van der Waals surface area contributed by atoms with Gasteiger partial charge in [-0.25, -0.2) is 0 Å². The van der Waals surface area contributed by atoms with E-state index in [9.17, 15) is 4.79 Å². The third-order valence-electron chi connectivity index (χ3n) is 5.46. The fourth-order valence-corrected chi connectivity index (χ4v) is 3.57. The summed E-state index contributed by atoms with van der Waals surface area (Å²) in [6, 6.07) is 15.6. The number of amides is 1. The second-order valence-corrected chi connectivity index (χ2v) is 7.45. The Bertz CT molecular complexity index is 769. The highest BCUT2D eigenvalue weighted by atomic mass is 16.5. The average Bonchev–Trinajstić information content (AvgIpc) is 2.81. The van der Waals surface area contributed by atoms with Gasteiger partial charge in [-0.05, 0) is 54.8 Å². The van der Waals surface area contributed by atoms with Crippen molar-refractivity contribution in [3.05, 3.63) is 54.1 Å². The molecular formula is C24H32N2O4. The average molecular weight is 413 g/mol.